The van der Waals surface area contributed by atoms with E-state index in [1.807, 2.05) is 72.8 Å². The van der Waals surface area contributed by atoms with Crippen LogP contribution in [0.4, 0.5) is 0 Å². The van der Waals surface area contributed by atoms with Crippen molar-refractivity contribution in [2.75, 3.05) is 39.6 Å². The molecule has 9 unspecified atom stereocenters. The van der Waals surface area contributed by atoms with Crippen LogP contribution in [0.2, 0.25) is 0 Å². The number of rotatable bonds is 18. The summed E-state index contributed by atoms with van der Waals surface area (Å²) in [6.07, 6.45) is 11.3. The third-order valence-corrected chi connectivity index (χ3v) is 14.3. The minimum absolute atomic E-state index is 0.169. The number of carbonyl (C=O) groups is 3. The number of benzene rings is 3. The van der Waals surface area contributed by atoms with Crippen LogP contribution >= 0.6 is 0 Å². The van der Waals surface area contributed by atoms with E-state index in [2.05, 4.69) is 0 Å². The number of epoxide rings is 3. The summed E-state index contributed by atoms with van der Waals surface area (Å²) in [6.45, 7) is 0.679. The van der Waals surface area contributed by atoms with Gasteiger partial charge < -0.3 is 42.6 Å². The largest absolute Gasteiger partial charge is 0.482 e. The van der Waals surface area contributed by atoms with Crippen LogP contribution in [0.25, 0.3) is 0 Å². The third-order valence-electron chi connectivity index (χ3n) is 12.0. The summed E-state index contributed by atoms with van der Waals surface area (Å²) in [7, 11) is -0.567. The highest BCUT2D eigenvalue weighted by molar-refractivity contribution is 7.97. The Morgan fingerprint density at radius 3 is 1.00 bits per heavy atom. The van der Waals surface area contributed by atoms with Crippen LogP contribution in [-0.4, -0.2) is 94.2 Å². The zero-order valence-corrected chi connectivity index (χ0v) is 33.4. The fourth-order valence-corrected chi connectivity index (χ4v) is 10.6. The second-order valence-corrected chi connectivity index (χ2v) is 18.3. The molecule has 3 saturated heterocycles. The first-order chi connectivity index (χ1) is 28.4. The number of esters is 3. The molecule has 0 bridgehead atoms. The standard InChI is InChI=1S/C45H51O12S/c46-43(52-22-28-1-16-37-40(19-28)55-37)25-49-31-4-10-34(11-5-31)58(35-12-6-32(7-13-35)50-26-44(47)53-23-29-2-17-38-41(20-29)56-38)36-14-8-33(9-15-36)51-27-45(48)54-24-30-3-18-39-42(21-30)57-39/h4-15,28-30,37-42H,1-3,16-27H2/q+1. The molecule has 6 aliphatic rings. The molecular weight excluding hydrogens is 765 g/mol. The summed E-state index contributed by atoms with van der Waals surface area (Å²) in [5.74, 6) is 1.54. The van der Waals surface area contributed by atoms with Gasteiger partial charge in [0.05, 0.1) is 67.3 Å². The van der Waals surface area contributed by atoms with Gasteiger partial charge >= 0.3 is 17.9 Å². The molecule has 308 valence electrons. The van der Waals surface area contributed by atoms with Crippen molar-refractivity contribution in [1.82, 2.24) is 0 Å². The molecule has 0 aromatic heterocycles. The monoisotopic (exact) mass is 815 g/mol. The maximum Gasteiger partial charge on any atom is 0.344 e. The second-order valence-electron chi connectivity index (χ2n) is 16.3. The maximum atomic E-state index is 12.5. The predicted molar refractivity (Wildman–Crippen MR) is 209 cm³/mol. The van der Waals surface area contributed by atoms with Gasteiger partial charge in [-0.15, -0.1) is 0 Å². The van der Waals surface area contributed by atoms with Crippen LogP contribution in [0.5, 0.6) is 17.2 Å². The van der Waals surface area contributed by atoms with Crippen molar-refractivity contribution in [2.45, 2.75) is 109 Å². The zero-order valence-electron chi connectivity index (χ0n) is 32.5. The van der Waals surface area contributed by atoms with E-state index >= 15 is 0 Å². The van der Waals surface area contributed by atoms with Gasteiger partial charge in [0.1, 0.15) is 17.2 Å². The molecule has 13 heteroatoms. The van der Waals surface area contributed by atoms with Gasteiger partial charge in [-0.2, -0.15) is 0 Å². The topological polar surface area (TPSA) is 144 Å². The lowest BCUT2D eigenvalue weighted by molar-refractivity contribution is -0.148. The molecule has 0 spiro atoms. The minimum atomic E-state index is -0.567. The Bertz CT molecular complexity index is 1670. The van der Waals surface area contributed by atoms with Crippen LogP contribution in [0, 0.1) is 17.8 Å². The smallest absolute Gasteiger partial charge is 0.344 e. The molecule has 9 rings (SSSR count). The quantitative estimate of drug-likeness (QED) is 0.0620. The highest BCUT2D eigenvalue weighted by Gasteiger charge is 2.45. The highest BCUT2D eigenvalue weighted by Crippen LogP contribution is 2.41. The van der Waals surface area contributed by atoms with Crippen molar-refractivity contribution in [3.05, 3.63) is 72.8 Å². The van der Waals surface area contributed by atoms with Gasteiger partial charge in [-0.3, -0.25) is 0 Å². The van der Waals surface area contributed by atoms with E-state index in [0.29, 0.717) is 91.4 Å². The number of hydrogen-bond donors (Lipinski definition) is 0. The van der Waals surface area contributed by atoms with Crippen molar-refractivity contribution in [1.29, 1.82) is 0 Å². The summed E-state index contributed by atoms with van der Waals surface area (Å²) in [6, 6.07) is 23.1. The van der Waals surface area contributed by atoms with E-state index < -0.39 is 10.9 Å². The molecule has 0 amide bonds. The summed E-state index contributed by atoms with van der Waals surface area (Å²) >= 11 is 0. The van der Waals surface area contributed by atoms with Gasteiger partial charge in [-0.1, -0.05) is 0 Å². The number of carbonyl (C=O) groups excluding carboxylic acids is 3. The number of fused-ring (bicyclic) bond motifs is 3. The third kappa shape index (κ3) is 10.5. The van der Waals surface area contributed by atoms with Crippen LogP contribution in [0.15, 0.2) is 87.5 Å². The first-order valence-corrected chi connectivity index (χ1v) is 22.0. The van der Waals surface area contributed by atoms with Crippen molar-refractivity contribution >= 4 is 28.8 Å². The SMILES string of the molecule is O=C(COc1ccc([S+](c2ccc(OCC(=O)OCC3CCC4OC4C3)cc2)c2ccc(OCC(=O)OCC3CCC4OC4C3)cc2)cc1)OCC1CCC2OC2C1. The van der Waals surface area contributed by atoms with E-state index in [-0.39, 0.29) is 37.7 Å². The Morgan fingerprint density at radius 1 is 0.431 bits per heavy atom. The van der Waals surface area contributed by atoms with Crippen LogP contribution in [-0.2, 0) is 53.7 Å². The molecule has 3 saturated carbocycles. The molecule has 58 heavy (non-hydrogen) atoms. The lowest BCUT2D eigenvalue weighted by Gasteiger charge is -2.18. The van der Waals surface area contributed by atoms with Crippen molar-refractivity contribution in [3.8, 4) is 17.2 Å². The molecule has 3 aliphatic heterocycles. The summed E-state index contributed by atoms with van der Waals surface area (Å²) < 4.78 is 50.7. The Kier molecular flexibility index (Phi) is 12.1. The first kappa shape index (κ1) is 39.2. The molecule has 6 fully saturated rings. The molecule has 0 radical (unpaired) electrons. The molecule has 3 heterocycles. The molecule has 3 aliphatic carbocycles. The average Bonchev–Trinajstić information content (AvgIpc) is 4.16. The Labute approximate surface area is 341 Å². The molecule has 3 aromatic carbocycles. The van der Waals surface area contributed by atoms with Gasteiger partial charge in [0.25, 0.3) is 0 Å². The lowest BCUT2D eigenvalue weighted by Crippen LogP contribution is -2.23. The summed E-state index contributed by atoms with van der Waals surface area (Å²) in [5.41, 5.74) is 0. The number of hydrogen-bond acceptors (Lipinski definition) is 12. The molecule has 3 aromatic rings. The first-order valence-electron chi connectivity index (χ1n) is 20.7. The number of ether oxygens (including phenoxy) is 9. The van der Waals surface area contributed by atoms with Crippen LogP contribution in [0.1, 0.15) is 57.8 Å². The molecule has 12 nitrogen and oxygen atoms in total. The average molecular weight is 816 g/mol. The Hall–Kier alpha value is -4.30. The Morgan fingerprint density at radius 2 is 0.724 bits per heavy atom. The van der Waals surface area contributed by atoms with Crippen molar-refractivity contribution in [3.63, 3.8) is 0 Å². The van der Waals surface area contributed by atoms with Crippen LogP contribution < -0.4 is 14.2 Å². The Balaban J connectivity index is 0.801. The fraction of sp³-hybridized carbons (Fsp3) is 0.533. The van der Waals surface area contributed by atoms with E-state index in [9.17, 15) is 14.4 Å². The van der Waals surface area contributed by atoms with Crippen molar-refractivity contribution < 1.29 is 57.0 Å². The predicted octanol–water partition coefficient (Wildman–Crippen LogP) is 6.25. The minimum Gasteiger partial charge on any atom is -0.482 e. The van der Waals surface area contributed by atoms with Gasteiger partial charge in [0, 0.05) is 0 Å². The summed E-state index contributed by atoms with van der Waals surface area (Å²) in [5, 5.41) is 0. The van der Waals surface area contributed by atoms with E-state index in [1.165, 1.54) is 0 Å². The van der Waals surface area contributed by atoms with E-state index in [1.54, 1.807) is 0 Å². The fourth-order valence-electron chi connectivity index (χ4n) is 8.52. The molecule has 0 N–H and O–H groups in total. The lowest BCUT2D eigenvalue weighted by atomic mass is 9.90. The molecular formula is C45H51O12S+. The van der Waals surface area contributed by atoms with Gasteiger partial charge in [0.2, 0.25) is 0 Å². The highest BCUT2D eigenvalue weighted by atomic mass is 32.2. The zero-order chi connectivity index (χ0) is 39.4. The van der Waals surface area contributed by atoms with E-state index in [4.69, 9.17) is 42.6 Å². The van der Waals surface area contributed by atoms with Gasteiger partial charge in [-0.05, 0) is 148 Å². The van der Waals surface area contributed by atoms with Gasteiger partial charge in [-0.25, -0.2) is 14.4 Å². The van der Waals surface area contributed by atoms with Crippen LogP contribution in [0.3, 0.4) is 0 Å². The normalized spacial score (nSPS) is 29.3. The maximum absolute atomic E-state index is 12.5. The summed E-state index contributed by atoms with van der Waals surface area (Å²) in [4.78, 5) is 40.5. The van der Waals surface area contributed by atoms with Gasteiger partial charge in [0.15, 0.2) is 34.5 Å². The van der Waals surface area contributed by atoms with Crippen molar-refractivity contribution in [2.24, 2.45) is 17.8 Å². The van der Waals surface area contributed by atoms with E-state index in [0.717, 1.165) is 72.5 Å². The molecule has 9 atom stereocenters. The second kappa shape index (κ2) is 17.9.